The van der Waals surface area contributed by atoms with Crippen molar-refractivity contribution in [3.05, 3.63) is 29.3 Å². The molecule has 0 saturated carbocycles. The molecule has 0 unspecified atom stereocenters. The molecular formula is C12H12N2O3. The van der Waals surface area contributed by atoms with Crippen molar-refractivity contribution >= 4 is 23.8 Å². The first-order valence-corrected chi connectivity index (χ1v) is 5.23. The Morgan fingerprint density at radius 2 is 1.88 bits per heavy atom. The summed E-state index contributed by atoms with van der Waals surface area (Å²) in [6.07, 6.45) is 0.785. The minimum atomic E-state index is -0.307. The van der Waals surface area contributed by atoms with E-state index in [1.807, 2.05) is 6.92 Å². The van der Waals surface area contributed by atoms with Crippen molar-refractivity contribution < 1.29 is 14.4 Å². The fraction of sp³-hybridized carbons (Fsp3) is 0.250. The molecule has 1 aromatic rings. The molecule has 1 aliphatic heterocycles. The topological polar surface area (TPSA) is 66.5 Å². The number of carbonyl (C=O) groups is 3. The molecule has 1 heterocycles. The maximum Gasteiger partial charge on any atom is 0.246 e. The first-order valence-electron chi connectivity index (χ1n) is 5.23. The van der Waals surface area contributed by atoms with Crippen LogP contribution in [0.1, 0.15) is 15.9 Å². The van der Waals surface area contributed by atoms with E-state index in [0.717, 1.165) is 17.5 Å². The highest BCUT2D eigenvalue weighted by Gasteiger charge is 2.22. The van der Waals surface area contributed by atoms with Crippen molar-refractivity contribution in [2.75, 3.05) is 18.0 Å². The summed E-state index contributed by atoms with van der Waals surface area (Å²) in [5.74, 6) is -0.614. The Morgan fingerprint density at radius 3 is 2.41 bits per heavy atom. The van der Waals surface area contributed by atoms with Crippen LogP contribution in [0, 0.1) is 6.92 Å². The maximum absolute atomic E-state index is 11.2. The van der Waals surface area contributed by atoms with Crippen LogP contribution >= 0.6 is 0 Å². The van der Waals surface area contributed by atoms with Crippen LogP contribution in [0.25, 0.3) is 0 Å². The quantitative estimate of drug-likeness (QED) is 0.587. The van der Waals surface area contributed by atoms with Crippen molar-refractivity contribution in [3.63, 3.8) is 0 Å². The number of carbonyl (C=O) groups excluding carboxylic acids is 3. The van der Waals surface area contributed by atoms with Crippen molar-refractivity contribution in [2.24, 2.45) is 0 Å². The number of nitrogens with one attached hydrogen (secondary N) is 1. The fourth-order valence-electron chi connectivity index (χ4n) is 1.81. The second-order valence-electron chi connectivity index (χ2n) is 3.99. The molecule has 5 heteroatoms. The molecule has 0 aliphatic carbocycles. The average molecular weight is 232 g/mol. The van der Waals surface area contributed by atoms with Crippen LogP contribution in [0.15, 0.2) is 18.2 Å². The SMILES string of the molecule is Cc1cc(N2CC(=O)NC(=O)C2)ccc1C=O. The highest BCUT2D eigenvalue weighted by atomic mass is 16.2. The number of imide groups is 1. The number of anilines is 1. The largest absolute Gasteiger partial charge is 0.353 e. The van der Waals surface area contributed by atoms with Gasteiger partial charge >= 0.3 is 0 Å². The van der Waals surface area contributed by atoms with Gasteiger partial charge < -0.3 is 4.90 Å². The Kier molecular flexibility index (Phi) is 2.91. The third kappa shape index (κ3) is 2.33. The number of rotatable bonds is 2. The zero-order valence-corrected chi connectivity index (χ0v) is 9.40. The second-order valence-corrected chi connectivity index (χ2v) is 3.99. The van der Waals surface area contributed by atoms with Gasteiger partial charge in [-0.25, -0.2) is 0 Å². The van der Waals surface area contributed by atoms with E-state index < -0.39 is 0 Å². The van der Waals surface area contributed by atoms with Crippen LogP contribution in [-0.2, 0) is 9.59 Å². The van der Waals surface area contributed by atoms with E-state index in [-0.39, 0.29) is 24.9 Å². The zero-order chi connectivity index (χ0) is 12.4. The van der Waals surface area contributed by atoms with Crippen molar-refractivity contribution in [1.82, 2.24) is 5.32 Å². The molecule has 0 spiro atoms. The lowest BCUT2D eigenvalue weighted by Crippen LogP contribution is -2.51. The fourth-order valence-corrected chi connectivity index (χ4v) is 1.81. The summed E-state index contributed by atoms with van der Waals surface area (Å²) in [6.45, 7) is 2.14. The predicted molar refractivity (Wildman–Crippen MR) is 61.9 cm³/mol. The van der Waals surface area contributed by atoms with E-state index in [9.17, 15) is 14.4 Å². The molecule has 1 saturated heterocycles. The molecule has 1 aliphatic rings. The summed E-state index contributed by atoms with van der Waals surface area (Å²) in [5, 5.41) is 2.24. The van der Waals surface area contributed by atoms with Crippen LogP contribution in [0.4, 0.5) is 5.69 Å². The molecule has 17 heavy (non-hydrogen) atoms. The second kappa shape index (κ2) is 4.37. The summed E-state index contributed by atoms with van der Waals surface area (Å²) < 4.78 is 0. The Hall–Kier alpha value is -2.17. The Labute approximate surface area is 98.4 Å². The Bertz CT molecular complexity index is 481. The van der Waals surface area contributed by atoms with Gasteiger partial charge in [0.2, 0.25) is 11.8 Å². The summed E-state index contributed by atoms with van der Waals surface area (Å²) in [4.78, 5) is 34.8. The molecule has 88 valence electrons. The zero-order valence-electron chi connectivity index (χ0n) is 9.40. The Balaban J connectivity index is 2.27. The lowest BCUT2D eigenvalue weighted by Gasteiger charge is -2.27. The first kappa shape index (κ1) is 11.3. The maximum atomic E-state index is 11.2. The Morgan fingerprint density at radius 1 is 1.24 bits per heavy atom. The highest BCUT2D eigenvalue weighted by Crippen LogP contribution is 2.19. The predicted octanol–water partition coefficient (Wildman–Crippen LogP) is 0.270. The standard InChI is InChI=1S/C12H12N2O3/c1-8-4-10(3-2-9(8)7-15)14-5-11(16)13-12(17)6-14/h2-4,7H,5-6H2,1H3,(H,13,16,17). The number of piperazine rings is 1. The molecule has 0 aromatic heterocycles. The molecule has 1 N–H and O–H groups in total. The number of nitrogens with zero attached hydrogens (tertiary/aromatic N) is 1. The molecular weight excluding hydrogens is 220 g/mol. The van der Waals surface area contributed by atoms with E-state index in [1.165, 1.54) is 0 Å². The number of aldehydes is 1. The lowest BCUT2D eigenvalue weighted by atomic mass is 10.1. The van der Waals surface area contributed by atoms with E-state index >= 15 is 0 Å². The van der Waals surface area contributed by atoms with E-state index in [0.29, 0.717) is 5.56 Å². The molecule has 2 amide bonds. The summed E-state index contributed by atoms with van der Waals surface area (Å²) >= 11 is 0. The number of aryl methyl sites for hydroxylation is 1. The van der Waals surface area contributed by atoms with Gasteiger partial charge in [-0.15, -0.1) is 0 Å². The van der Waals surface area contributed by atoms with Crippen molar-refractivity contribution in [3.8, 4) is 0 Å². The van der Waals surface area contributed by atoms with Gasteiger partial charge in [0.15, 0.2) is 0 Å². The van der Waals surface area contributed by atoms with Gasteiger partial charge in [-0.2, -0.15) is 0 Å². The first-order chi connectivity index (χ1) is 8.10. The summed E-state index contributed by atoms with van der Waals surface area (Å²) in [5.41, 5.74) is 2.22. The molecule has 5 nitrogen and oxygen atoms in total. The third-order valence-corrected chi connectivity index (χ3v) is 2.69. The van der Waals surface area contributed by atoms with Gasteiger partial charge in [0.25, 0.3) is 0 Å². The van der Waals surface area contributed by atoms with E-state index in [4.69, 9.17) is 0 Å². The molecule has 0 radical (unpaired) electrons. The minimum absolute atomic E-state index is 0.158. The number of benzene rings is 1. The van der Waals surface area contributed by atoms with Crippen LogP contribution in [0.3, 0.4) is 0 Å². The van der Waals surface area contributed by atoms with Gasteiger partial charge in [-0.05, 0) is 30.7 Å². The smallest absolute Gasteiger partial charge is 0.246 e. The van der Waals surface area contributed by atoms with Crippen LogP contribution in [-0.4, -0.2) is 31.2 Å². The van der Waals surface area contributed by atoms with Gasteiger partial charge in [-0.3, -0.25) is 19.7 Å². The molecule has 1 fully saturated rings. The van der Waals surface area contributed by atoms with Crippen molar-refractivity contribution in [1.29, 1.82) is 0 Å². The molecule has 0 atom stereocenters. The van der Waals surface area contributed by atoms with Gasteiger partial charge in [-0.1, -0.05) is 0 Å². The van der Waals surface area contributed by atoms with Gasteiger partial charge in [0, 0.05) is 11.3 Å². The number of hydrogen-bond donors (Lipinski definition) is 1. The normalized spacial score (nSPS) is 15.7. The minimum Gasteiger partial charge on any atom is -0.353 e. The van der Waals surface area contributed by atoms with Gasteiger partial charge in [0.1, 0.15) is 6.29 Å². The lowest BCUT2D eigenvalue weighted by molar-refractivity contribution is -0.130. The third-order valence-electron chi connectivity index (χ3n) is 2.69. The highest BCUT2D eigenvalue weighted by molar-refractivity contribution is 6.02. The van der Waals surface area contributed by atoms with Crippen LogP contribution in [0.2, 0.25) is 0 Å². The average Bonchev–Trinajstić information content (AvgIpc) is 2.27. The molecule has 0 bridgehead atoms. The van der Waals surface area contributed by atoms with Gasteiger partial charge in [0.05, 0.1) is 13.1 Å². The summed E-state index contributed by atoms with van der Waals surface area (Å²) in [6, 6.07) is 5.23. The van der Waals surface area contributed by atoms with Crippen LogP contribution in [0.5, 0.6) is 0 Å². The van der Waals surface area contributed by atoms with E-state index in [2.05, 4.69) is 5.32 Å². The monoisotopic (exact) mass is 232 g/mol. The van der Waals surface area contributed by atoms with Crippen molar-refractivity contribution in [2.45, 2.75) is 6.92 Å². The number of amides is 2. The van der Waals surface area contributed by atoms with Crippen LogP contribution < -0.4 is 10.2 Å². The summed E-state index contributed by atoms with van der Waals surface area (Å²) in [7, 11) is 0. The number of hydrogen-bond acceptors (Lipinski definition) is 4. The molecule has 1 aromatic carbocycles. The molecule has 2 rings (SSSR count). The van der Waals surface area contributed by atoms with E-state index in [1.54, 1.807) is 23.1 Å².